The lowest BCUT2D eigenvalue weighted by atomic mass is 10.1. The first kappa shape index (κ1) is 18.3. The van der Waals surface area contributed by atoms with Gasteiger partial charge in [-0.25, -0.2) is 0 Å². The number of ether oxygens (including phenoxy) is 1. The fourth-order valence-corrected chi connectivity index (χ4v) is 3.05. The Balaban J connectivity index is 1.63. The highest BCUT2D eigenvalue weighted by molar-refractivity contribution is 7.99. The van der Waals surface area contributed by atoms with Crippen molar-refractivity contribution in [3.8, 4) is 5.75 Å². The number of aryl methyl sites for hydroxylation is 1. The third-order valence-electron chi connectivity index (χ3n) is 3.64. The van der Waals surface area contributed by atoms with Crippen LogP contribution < -0.4 is 10.1 Å². The molecule has 1 aromatic heterocycles. The molecular weight excluding hydrogens is 320 g/mol. The molecule has 0 saturated carbocycles. The molecule has 0 bridgehead atoms. The van der Waals surface area contributed by atoms with E-state index in [1.807, 2.05) is 37.3 Å². The first-order valence-electron chi connectivity index (χ1n) is 8.07. The highest BCUT2D eigenvalue weighted by atomic mass is 32.2. The predicted octanol–water partition coefficient (Wildman–Crippen LogP) is 3.46. The molecule has 24 heavy (non-hydrogen) atoms. The predicted molar refractivity (Wildman–Crippen MR) is 99.3 cm³/mol. The molecule has 0 radical (unpaired) electrons. The van der Waals surface area contributed by atoms with Crippen LogP contribution in [0, 0.1) is 0 Å². The molecule has 1 N–H and O–H groups in total. The Morgan fingerprint density at radius 3 is 2.71 bits per heavy atom. The summed E-state index contributed by atoms with van der Waals surface area (Å²) in [5.41, 5.74) is 2.25. The van der Waals surface area contributed by atoms with Gasteiger partial charge in [0.1, 0.15) is 5.75 Å². The summed E-state index contributed by atoms with van der Waals surface area (Å²) in [5, 5.41) is 3.05. The van der Waals surface area contributed by atoms with Gasteiger partial charge in [-0.1, -0.05) is 18.2 Å². The Kier molecular flexibility index (Phi) is 7.62. The molecular formula is C19H24N2O2S. The third kappa shape index (κ3) is 6.62. The van der Waals surface area contributed by atoms with Gasteiger partial charge in [0.25, 0.3) is 0 Å². The number of aromatic nitrogens is 1. The van der Waals surface area contributed by atoms with Crippen LogP contribution >= 0.6 is 11.8 Å². The first-order valence-corrected chi connectivity index (χ1v) is 9.23. The van der Waals surface area contributed by atoms with Crippen molar-refractivity contribution in [1.29, 1.82) is 0 Å². The molecule has 1 atom stereocenters. The van der Waals surface area contributed by atoms with Crippen LogP contribution in [-0.2, 0) is 17.0 Å². The monoisotopic (exact) mass is 344 g/mol. The average Bonchev–Trinajstić information content (AvgIpc) is 2.61. The maximum absolute atomic E-state index is 12.0. The minimum Gasteiger partial charge on any atom is -0.497 e. The number of carbonyl (C=O) groups is 1. The summed E-state index contributed by atoms with van der Waals surface area (Å²) in [7, 11) is 1.67. The van der Waals surface area contributed by atoms with E-state index < -0.39 is 0 Å². The van der Waals surface area contributed by atoms with Gasteiger partial charge in [-0.3, -0.25) is 9.78 Å². The molecule has 1 amide bonds. The molecule has 2 aromatic rings. The Morgan fingerprint density at radius 1 is 1.25 bits per heavy atom. The Morgan fingerprint density at radius 2 is 2.04 bits per heavy atom. The normalized spacial score (nSPS) is 11.8. The Labute approximate surface area is 148 Å². The number of pyridine rings is 1. The van der Waals surface area contributed by atoms with E-state index in [4.69, 9.17) is 4.74 Å². The van der Waals surface area contributed by atoms with Crippen molar-refractivity contribution in [3.05, 3.63) is 59.9 Å². The van der Waals surface area contributed by atoms with Crippen LogP contribution in [0.4, 0.5) is 0 Å². The number of nitrogens with one attached hydrogen (secondary N) is 1. The molecule has 0 aliphatic heterocycles. The topological polar surface area (TPSA) is 51.2 Å². The van der Waals surface area contributed by atoms with Crippen molar-refractivity contribution in [2.24, 2.45) is 0 Å². The summed E-state index contributed by atoms with van der Waals surface area (Å²) < 4.78 is 5.15. The highest BCUT2D eigenvalue weighted by Gasteiger charge is 2.08. The summed E-state index contributed by atoms with van der Waals surface area (Å²) in [6.07, 6.45) is 3.63. The highest BCUT2D eigenvalue weighted by Crippen LogP contribution is 2.13. The molecule has 4 nitrogen and oxygen atoms in total. The number of benzene rings is 1. The van der Waals surface area contributed by atoms with Gasteiger partial charge in [0.05, 0.1) is 18.6 Å². The number of rotatable bonds is 9. The molecule has 0 saturated heterocycles. The molecule has 0 aliphatic rings. The lowest BCUT2D eigenvalue weighted by Crippen LogP contribution is -2.34. The largest absolute Gasteiger partial charge is 0.497 e. The maximum Gasteiger partial charge on any atom is 0.230 e. The molecule has 1 heterocycles. The fourth-order valence-electron chi connectivity index (χ4n) is 2.30. The van der Waals surface area contributed by atoms with Crippen molar-refractivity contribution in [1.82, 2.24) is 10.3 Å². The number of hydrogen-bond donors (Lipinski definition) is 1. The number of amides is 1. The number of nitrogens with zero attached hydrogens (tertiary/aromatic N) is 1. The fraction of sp³-hybridized carbons (Fsp3) is 0.368. The molecule has 128 valence electrons. The van der Waals surface area contributed by atoms with E-state index in [0.717, 1.165) is 30.0 Å². The number of methoxy groups -OCH3 is 1. The van der Waals surface area contributed by atoms with E-state index >= 15 is 0 Å². The van der Waals surface area contributed by atoms with Gasteiger partial charge < -0.3 is 10.1 Å². The minimum absolute atomic E-state index is 0.0816. The van der Waals surface area contributed by atoms with E-state index in [1.165, 1.54) is 5.56 Å². The van der Waals surface area contributed by atoms with Crippen molar-refractivity contribution >= 4 is 17.7 Å². The van der Waals surface area contributed by atoms with Crippen LogP contribution in [0.15, 0.2) is 48.7 Å². The molecule has 5 heteroatoms. The minimum atomic E-state index is 0.0816. The molecule has 0 aliphatic carbocycles. The second kappa shape index (κ2) is 9.98. The molecule has 0 spiro atoms. The van der Waals surface area contributed by atoms with Crippen LogP contribution in [0.3, 0.4) is 0 Å². The van der Waals surface area contributed by atoms with Gasteiger partial charge in [-0.2, -0.15) is 0 Å². The Hall–Kier alpha value is -2.01. The van der Waals surface area contributed by atoms with Crippen LogP contribution in [0.5, 0.6) is 5.75 Å². The molecule has 1 aromatic carbocycles. The first-order chi connectivity index (χ1) is 11.7. The van der Waals surface area contributed by atoms with Crippen LogP contribution in [-0.4, -0.2) is 29.8 Å². The van der Waals surface area contributed by atoms with Crippen molar-refractivity contribution in [2.75, 3.05) is 12.9 Å². The van der Waals surface area contributed by atoms with Gasteiger partial charge in [-0.15, -0.1) is 11.8 Å². The summed E-state index contributed by atoms with van der Waals surface area (Å²) in [4.78, 5) is 16.2. The summed E-state index contributed by atoms with van der Waals surface area (Å²) in [6.45, 7) is 2.05. The van der Waals surface area contributed by atoms with Gasteiger partial charge in [-0.05, 0) is 49.6 Å². The molecule has 1 unspecified atom stereocenters. The van der Waals surface area contributed by atoms with E-state index in [9.17, 15) is 4.79 Å². The number of carbonyl (C=O) groups excluding carboxylic acids is 1. The van der Waals surface area contributed by atoms with Crippen molar-refractivity contribution in [3.63, 3.8) is 0 Å². The smallest absolute Gasteiger partial charge is 0.230 e. The summed E-state index contributed by atoms with van der Waals surface area (Å²) >= 11 is 1.59. The van der Waals surface area contributed by atoms with Gasteiger partial charge in [0.2, 0.25) is 5.91 Å². The van der Waals surface area contributed by atoms with Gasteiger partial charge in [0.15, 0.2) is 0 Å². The molecule has 2 rings (SSSR count). The third-order valence-corrected chi connectivity index (χ3v) is 4.61. The molecule has 0 fully saturated rings. The van der Waals surface area contributed by atoms with Crippen molar-refractivity contribution in [2.45, 2.75) is 31.6 Å². The Bertz CT molecular complexity index is 617. The van der Waals surface area contributed by atoms with E-state index in [0.29, 0.717) is 5.75 Å². The second-order valence-corrected chi connectivity index (χ2v) is 6.65. The zero-order valence-electron chi connectivity index (χ0n) is 14.2. The SMILES string of the molecule is COc1ccc(CCC(C)NC(=O)CSCc2ccccn2)cc1. The van der Waals surface area contributed by atoms with E-state index in [-0.39, 0.29) is 11.9 Å². The lowest BCUT2D eigenvalue weighted by molar-refractivity contribution is -0.119. The zero-order chi connectivity index (χ0) is 17.2. The van der Waals surface area contributed by atoms with Crippen LogP contribution in [0.2, 0.25) is 0 Å². The van der Waals surface area contributed by atoms with Crippen molar-refractivity contribution < 1.29 is 9.53 Å². The van der Waals surface area contributed by atoms with E-state index in [2.05, 4.69) is 22.4 Å². The quantitative estimate of drug-likeness (QED) is 0.757. The number of thioether (sulfide) groups is 1. The maximum atomic E-state index is 12.0. The average molecular weight is 344 g/mol. The summed E-state index contributed by atoms with van der Waals surface area (Å²) in [6, 6.07) is 14.1. The lowest BCUT2D eigenvalue weighted by Gasteiger charge is -2.14. The van der Waals surface area contributed by atoms with Crippen LogP contribution in [0.1, 0.15) is 24.6 Å². The number of hydrogen-bond acceptors (Lipinski definition) is 4. The standard InChI is InChI=1S/C19H24N2O2S/c1-15(6-7-16-8-10-18(23-2)11-9-16)21-19(22)14-24-13-17-5-3-4-12-20-17/h3-5,8-12,15H,6-7,13-14H2,1-2H3,(H,21,22). The van der Waals surface area contributed by atoms with E-state index in [1.54, 1.807) is 25.1 Å². The van der Waals surface area contributed by atoms with Gasteiger partial charge in [0, 0.05) is 18.0 Å². The summed E-state index contributed by atoms with van der Waals surface area (Å²) in [5.74, 6) is 2.17. The van der Waals surface area contributed by atoms with Gasteiger partial charge >= 0.3 is 0 Å². The zero-order valence-corrected chi connectivity index (χ0v) is 15.0. The van der Waals surface area contributed by atoms with Crippen LogP contribution in [0.25, 0.3) is 0 Å². The second-order valence-electron chi connectivity index (χ2n) is 5.67.